The highest BCUT2D eigenvalue weighted by atomic mass is 16.2. The zero-order chi connectivity index (χ0) is 22.1. The SMILES string of the molecule is CC[C@H](C)NC(=O)Cn1ncc2c3ccccc3n(Cc3cc(C)ccc3C)c2c1=O. The van der Waals surface area contributed by atoms with E-state index in [4.69, 9.17) is 0 Å². The number of nitrogens with one attached hydrogen (secondary N) is 1. The number of para-hydroxylation sites is 1. The van der Waals surface area contributed by atoms with E-state index in [2.05, 4.69) is 47.0 Å². The molecule has 0 radical (unpaired) electrons. The van der Waals surface area contributed by atoms with E-state index in [0.29, 0.717) is 12.1 Å². The molecular formula is C25H28N4O2. The quantitative estimate of drug-likeness (QED) is 0.518. The van der Waals surface area contributed by atoms with Crippen molar-refractivity contribution in [1.82, 2.24) is 19.7 Å². The summed E-state index contributed by atoms with van der Waals surface area (Å²) in [5.41, 5.74) is 4.84. The molecule has 0 aliphatic carbocycles. The van der Waals surface area contributed by atoms with Crippen LogP contribution in [0.4, 0.5) is 0 Å². The zero-order valence-corrected chi connectivity index (χ0v) is 18.5. The Morgan fingerprint density at radius 2 is 1.90 bits per heavy atom. The highest BCUT2D eigenvalue weighted by molar-refractivity contribution is 6.07. The first-order valence-corrected chi connectivity index (χ1v) is 10.7. The van der Waals surface area contributed by atoms with Crippen molar-refractivity contribution >= 4 is 27.7 Å². The lowest BCUT2D eigenvalue weighted by atomic mass is 10.1. The number of aryl methyl sites for hydroxylation is 2. The van der Waals surface area contributed by atoms with Gasteiger partial charge in [0.05, 0.1) is 6.20 Å². The molecule has 0 spiro atoms. The molecule has 31 heavy (non-hydrogen) atoms. The Morgan fingerprint density at radius 3 is 2.68 bits per heavy atom. The van der Waals surface area contributed by atoms with Gasteiger partial charge in [0.2, 0.25) is 5.91 Å². The molecular weight excluding hydrogens is 388 g/mol. The number of rotatable bonds is 6. The summed E-state index contributed by atoms with van der Waals surface area (Å²) in [5.74, 6) is -0.208. The van der Waals surface area contributed by atoms with E-state index in [9.17, 15) is 9.59 Å². The molecule has 0 aliphatic rings. The first-order valence-electron chi connectivity index (χ1n) is 10.7. The molecule has 0 unspecified atom stereocenters. The fraction of sp³-hybridized carbons (Fsp3) is 0.320. The van der Waals surface area contributed by atoms with Crippen LogP contribution in [0.15, 0.2) is 53.5 Å². The van der Waals surface area contributed by atoms with Crippen LogP contribution >= 0.6 is 0 Å². The molecule has 0 saturated carbocycles. The van der Waals surface area contributed by atoms with Gasteiger partial charge in [-0.1, -0.05) is 48.9 Å². The largest absolute Gasteiger partial charge is 0.352 e. The molecule has 1 N–H and O–H groups in total. The monoisotopic (exact) mass is 416 g/mol. The Bertz CT molecular complexity index is 1330. The Labute approximate surface area is 181 Å². The molecule has 1 atom stereocenters. The van der Waals surface area contributed by atoms with Gasteiger partial charge in [0.15, 0.2) is 0 Å². The minimum Gasteiger partial charge on any atom is -0.352 e. The molecule has 6 heteroatoms. The fourth-order valence-electron chi connectivity index (χ4n) is 3.97. The molecule has 2 heterocycles. The summed E-state index contributed by atoms with van der Waals surface area (Å²) in [6, 6.07) is 14.4. The molecule has 4 rings (SSSR count). The van der Waals surface area contributed by atoms with E-state index in [-0.39, 0.29) is 24.1 Å². The summed E-state index contributed by atoms with van der Waals surface area (Å²) in [4.78, 5) is 25.8. The lowest BCUT2D eigenvalue weighted by Crippen LogP contribution is -2.38. The molecule has 0 aliphatic heterocycles. The zero-order valence-electron chi connectivity index (χ0n) is 18.5. The predicted molar refractivity (Wildman–Crippen MR) is 124 cm³/mol. The standard InChI is InChI=1S/C25H28N4O2/c1-5-18(4)27-23(30)15-29-25(31)24-21(13-26-29)20-8-6-7-9-22(20)28(24)14-19-12-16(2)10-11-17(19)3/h6-13,18H,5,14-15H2,1-4H3,(H,27,30)/t18-/m0/s1. The number of carbonyl (C=O) groups excluding carboxylic acids is 1. The summed E-state index contributed by atoms with van der Waals surface area (Å²) in [6.45, 7) is 8.59. The van der Waals surface area contributed by atoms with E-state index >= 15 is 0 Å². The van der Waals surface area contributed by atoms with Crippen molar-refractivity contribution in [1.29, 1.82) is 0 Å². The highest BCUT2D eigenvalue weighted by Gasteiger charge is 2.18. The van der Waals surface area contributed by atoms with Crippen molar-refractivity contribution in [3.05, 3.63) is 75.7 Å². The second-order valence-electron chi connectivity index (χ2n) is 8.28. The normalized spacial score (nSPS) is 12.4. The van der Waals surface area contributed by atoms with Gasteiger partial charge in [-0.2, -0.15) is 5.10 Å². The van der Waals surface area contributed by atoms with Crippen molar-refractivity contribution in [2.45, 2.75) is 53.2 Å². The molecule has 160 valence electrons. The van der Waals surface area contributed by atoms with E-state index in [1.165, 1.54) is 21.4 Å². The molecule has 6 nitrogen and oxygen atoms in total. The average molecular weight is 417 g/mol. The lowest BCUT2D eigenvalue weighted by molar-refractivity contribution is -0.122. The molecule has 2 aromatic heterocycles. The number of amides is 1. The predicted octanol–water partition coefficient (Wildman–Crippen LogP) is 3.93. The van der Waals surface area contributed by atoms with E-state index in [0.717, 1.165) is 22.7 Å². The van der Waals surface area contributed by atoms with Gasteiger partial charge in [0.1, 0.15) is 12.1 Å². The van der Waals surface area contributed by atoms with Crippen molar-refractivity contribution in [3.8, 4) is 0 Å². The molecule has 0 saturated heterocycles. The van der Waals surface area contributed by atoms with Crippen LogP contribution in [-0.2, 0) is 17.9 Å². The minimum absolute atomic E-state index is 0.0580. The molecule has 0 fully saturated rings. The third-order valence-corrected chi connectivity index (χ3v) is 5.92. The number of nitrogens with zero attached hydrogens (tertiary/aromatic N) is 3. The van der Waals surface area contributed by atoms with Crippen LogP contribution in [0.2, 0.25) is 0 Å². The van der Waals surface area contributed by atoms with Gasteiger partial charge in [0, 0.05) is 28.9 Å². The third kappa shape index (κ3) is 3.98. The molecule has 4 aromatic rings. The lowest BCUT2D eigenvalue weighted by Gasteiger charge is -2.13. The van der Waals surface area contributed by atoms with Gasteiger partial charge < -0.3 is 9.88 Å². The van der Waals surface area contributed by atoms with Crippen LogP contribution in [0.25, 0.3) is 21.8 Å². The van der Waals surface area contributed by atoms with Crippen molar-refractivity contribution < 1.29 is 4.79 Å². The maximum atomic E-state index is 13.5. The van der Waals surface area contributed by atoms with Gasteiger partial charge in [-0.3, -0.25) is 9.59 Å². The Hall–Kier alpha value is -3.41. The van der Waals surface area contributed by atoms with Gasteiger partial charge in [0.25, 0.3) is 5.56 Å². The Morgan fingerprint density at radius 1 is 1.13 bits per heavy atom. The number of carbonyl (C=O) groups is 1. The molecule has 2 aromatic carbocycles. The molecule has 0 bridgehead atoms. The number of aromatic nitrogens is 3. The Balaban J connectivity index is 1.86. The Kier molecular flexibility index (Phi) is 5.63. The third-order valence-electron chi connectivity index (χ3n) is 5.92. The van der Waals surface area contributed by atoms with E-state index < -0.39 is 0 Å². The minimum atomic E-state index is -0.252. The van der Waals surface area contributed by atoms with Gasteiger partial charge in [-0.05, 0) is 44.4 Å². The van der Waals surface area contributed by atoms with Crippen molar-refractivity contribution in [2.24, 2.45) is 0 Å². The summed E-state index contributed by atoms with van der Waals surface area (Å²) in [5, 5.41) is 9.01. The molecule has 1 amide bonds. The first-order chi connectivity index (χ1) is 14.9. The van der Waals surface area contributed by atoms with Crippen LogP contribution < -0.4 is 10.9 Å². The summed E-state index contributed by atoms with van der Waals surface area (Å²) >= 11 is 0. The van der Waals surface area contributed by atoms with Crippen molar-refractivity contribution in [3.63, 3.8) is 0 Å². The van der Waals surface area contributed by atoms with Crippen LogP contribution in [0.5, 0.6) is 0 Å². The summed E-state index contributed by atoms with van der Waals surface area (Å²) < 4.78 is 3.32. The average Bonchev–Trinajstić information content (AvgIpc) is 3.07. The van der Waals surface area contributed by atoms with Gasteiger partial charge in [-0.15, -0.1) is 0 Å². The number of hydrogen-bond donors (Lipinski definition) is 1. The topological polar surface area (TPSA) is 68.9 Å². The van der Waals surface area contributed by atoms with Gasteiger partial charge in [-0.25, -0.2) is 4.68 Å². The fourth-order valence-corrected chi connectivity index (χ4v) is 3.97. The second-order valence-corrected chi connectivity index (χ2v) is 8.28. The maximum Gasteiger partial charge on any atom is 0.291 e. The van der Waals surface area contributed by atoms with Crippen LogP contribution in [0.3, 0.4) is 0 Å². The van der Waals surface area contributed by atoms with E-state index in [1.54, 1.807) is 6.20 Å². The highest BCUT2D eigenvalue weighted by Crippen LogP contribution is 2.27. The number of hydrogen-bond acceptors (Lipinski definition) is 3. The summed E-state index contributed by atoms with van der Waals surface area (Å²) in [7, 11) is 0. The summed E-state index contributed by atoms with van der Waals surface area (Å²) in [6.07, 6.45) is 2.53. The van der Waals surface area contributed by atoms with Crippen LogP contribution in [0.1, 0.15) is 37.0 Å². The number of benzene rings is 2. The van der Waals surface area contributed by atoms with Gasteiger partial charge >= 0.3 is 0 Å². The van der Waals surface area contributed by atoms with E-state index in [1.807, 2.05) is 38.1 Å². The van der Waals surface area contributed by atoms with Crippen LogP contribution in [-0.4, -0.2) is 26.3 Å². The smallest absolute Gasteiger partial charge is 0.291 e. The number of fused-ring (bicyclic) bond motifs is 3. The second kappa shape index (κ2) is 8.38. The van der Waals surface area contributed by atoms with Crippen LogP contribution in [0, 0.1) is 13.8 Å². The van der Waals surface area contributed by atoms with Crippen molar-refractivity contribution in [2.75, 3.05) is 0 Å². The first kappa shape index (κ1) is 20.8. The maximum absolute atomic E-state index is 13.5.